The fourth-order valence-electron chi connectivity index (χ4n) is 3.47. The highest BCUT2D eigenvalue weighted by Crippen LogP contribution is 2.38. The molecule has 1 fully saturated rings. The van der Waals surface area contributed by atoms with Crippen molar-refractivity contribution in [3.8, 4) is 11.5 Å². The van der Waals surface area contributed by atoms with Gasteiger partial charge >= 0.3 is 0 Å². The number of hydrogen-bond acceptors (Lipinski definition) is 5. The molecule has 0 bridgehead atoms. The molecule has 1 saturated heterocycles. The normalized spacial score (nSPS) is 16.3. The van der Waals surface area contributed by atoms with Crippen molar-refractivity contribution in [1.29, 1.82) is 0 Å². The Morgan fingerprint density at radius 3 is 2.55 bits per heavy atom. The highest BCUT2D eigenvalue weighted by Gasteiger charge is 2.27. The van der Waals surface area contributed by atoms with Crippen LogP contribution < -0.4 is 9.47 Å². The molecule has 2 amide bonds. The largest absolute Gasteiger partial charge is 0.489 e. The van der Waals surface area contributed by atoms with Crippen LogP contribution >= 0.6 is 11.6 Å². The average molecular weight is 416 g/mol. The molecule has 2 aromatic rings. The molecule has 0 saturated carbocycles. The lowest BCUT2D eigenvalue weighted by Crippen LogP contribution is -2.51. The van der Waals surface area contributed by atoms with Gasteiger partial charge in [-0.05, 0) is 24.3 Å². The lowest BCUT2D eigenvalue weighted by molar-refractivity contribution is -0.132. The van der Waals surface area contributed by atoms with E-state index in [9.17, 15) is 9.59 Å². The first-order chi connectivity index (χ1) is 14.1. The SMILES string of the molecule is O=C(Cc1ccccn1)N1CCN(C(=O)c2cc(Cl)c3c(c2)OCCCO3)CC1. The predicted octanol–water partition coefficient (Wildman–Crippen LogP) is 2.42. The Balaban J connectivity index is 1.38. The van der Waals surface area contributed by atoms with Gasteiger partial charge in [0.1, 0.15) is 0 Å². The number of carbonyl (C=O) groups excluding carboxylic acids is 2. The van der Waals surface area contributed by atoms with Crippen molar-refractivity contribution in [2.75, 3.05) is 39.4 Å². The standard InChI is InChI=1S/C21H22ClN3O4/c22-17-12-15(13-18-20(17)29-11-3-10-28-18)21(27)25-8-6-24(7-9-25)19(26)14-16-4-1-2-5-23-16/h1-2,4-5,12-13H,3,6-11,14H2. The summed E-state index contributed by atoms with van der Waals surface area (Å²) in [5, 5.41) is 0.372. The van der Waals surface area contributed by atoms with E-state index in [-0.39, 0.29) is 18.2 Å². The second-order valence-electron chi connectivity index (χ2n) is 7.01. The van der Waals surface area contributed by atoms with Gasteiger partial charge in [0.2, 0.25) is 5.91 Å². The molecular weight excluding hydrogens is 394 g/mol. The number of carbonyl (C=O) groups is 2. The Labute approximate surface area is 174 Å². The van der Waals surface area contributed by atoms with Crippen LogP contribution in [-0.4, -0.2) is 66.0 Å². The number of hydrogen-bond donors (Lipinski definition) is 0. The molecule has 0 radical (unpaired) electrons. The zero-order valence-corrected chi connectivity index (χ0v) is 16.7. The third-order valence-corrected chi connectivity index (χ3v) is 5.31. The van der Waals surface area contributed by atoms with Crippen LogP contribution in [0.5, 0.6) is 11.5 Å². The molecule has 1 aromatic carbocycles. The van der Waals surface area contributed by atoms with Crippen LogP contribution in [-0.2, 0) is 11.2 Å². The summed E-state index contributed by atoms with van der Waals surface area (Å²) in [4.78, 5) is 33.1. The summed E-state index contributed by atoms with van der Waals surface area (Å²) in [6.45, 7) is 3.00. The van der Waals surface area contributed by atoms with E-state index in [2.05, 4.69) is 4.98 Å². The third kappa shape index (κ3) is 4.45. The maximum atomic E-state index is 12.9. The third-order valence-electron chi connectivity index (χ3n) is 5.03. The smallest absolute Gasteiger partial charge is 0.254 e. The molecule has 3 heterocycles. The number of ether oxygens (including phenoxy) is 2. The number of aromatic nitrogens is 1. The Morgan fingerprint density at radius 1 is 1.03 bits per heavy atom. The van der Waals surface area contributed by atoms with Crippen LogP contribution in [0.1, 0.15) is 22.5 Å². The minimum absolute atomic E-state index is 0.0226. The molecule has 0 atom stereocenters. The fourth-order valence-corrected chi connectivity index (χ4v) is 3.73. The molecule has 0 aliphatic carbocycles. The number of nitrogens with zero attached hydrogens (tertiary/aromatic N) is 3. The topological polar surface area (TPSA) is 72.0 Å². The lowest BCUT2D eigenvalue weighted by Gasteiger charge is -2.35. The van der Waals surface area contributed by atoms with Gasteiger partial charge in [0.15, 0.2) is 11.5 Å². The molecule has 8 heteroatoms. The molecule has 0 unspecified atom stereocenters. The number of benzene rings is 1. The first-order valence-electron chi connectivity index (χ1n) is 9.68. The summed E-state index contributed by atoms with van der Waals surface area (Å²) in [6, 6.07) is 8.84. The predicted molar refractivity (Wildman–Crippen MR) is 107 cm³/mol. The van der Waals surface area contributed by atoms with Gasteiger partial charge < -0.3 is 19.3 Å². The van der Waals surface area contributed by atoms with Gasteiger partial charge in [-0.3, -0.25) is 14.6 Å². The summed E-state index contributed by atoms with van der Waals surface area (Å²) >= 11 is 6.31. The van der Waals surface area contributed by atoms with E-state index >= 15 is 0 Å². The van der Waals surface area contributed by atoms with Crippen LogP contribution in [0.3, 0.4) is 0 Å². The van der Waals surface area contributed by atoms with Crippen LogP contribution in [0.25, 0.3) is 0 Å². The second-order valence-corrected chi connectivity index (χ2v) is 7.41. The number of amides is 2. The Bertz CT molecular complexity index is 898. The van der Waals surface area contributed by atoms with Crippen LogP contribution in [0, 0.1) is 0 Å². The Morgan fingerprint density at radius 2 is 1.79 bits per heavy atom. The first-order valence-corrected chi connectivity index (χ1v) is 10.1. The lowest BCUT2D eigenvalue weighted by atomic mass is 10.1. The van der Waals surface area contributed by atoms with E-state index in [4.69, 9.17) is 21.1 Å². The molecule has 2 aliphatic heterocycles. The zero-order valence-electron chi connectivity index (χ0n) is 16.0. The molecule has 2 aliphatic rings. The van der Waals surface area contributed by atoms with Crippen molar-refractivity contribution < 1.29 is 19.1 Å². The van der Waals surface area contributed by atoms with Crippen LogP contribution in [0.2, 0.25) is 5.02 Å². The monoisotopic (exact) mass is 415 g/mol. The van der Waals surface area contributed by atoms with Gasteiger partial charge in [-0.25, -0.2) is 0 Å². The zero-order chi connectivity index (χ0) is 20.2. The highest BCUT2D eigenvalue weighted by atomic mass is 35.5. The van der Waals surface area contributed by atoms with E-state index < -0.39 is 0 Å². The molecule has 0 N–H and O–H groups in total. The summed E-state index contributed by atoms with van der Waals surface area (Å²) in [5.74, 6) is 0.891. The van der Waals surface area contributed by atoms with E-state index in [0.717, 1.165) is 12.1 Å². The minimum Gasteiger partial charge on any atom is -0.489 e. The molecule has 0 spiro atoms. The van der Waals surface area contributed by atoms with Gasteiger partial charge in [0.05, 0.1) is 24.7 Å². The maximum Gasteiger partial charge on any atom is 0.254 e. The van der Waals surface area contributed by atoms with E-state index in [1.807, 2.05) is 18.2 Å². The van der Waals surface area contributed by atoms with E-state index in [1.165, 1.54) is 0 Å². The van der Waals surface area contributed by atoms with Gasteiger partial charge in [-0.2, -0.15) is 0 Å². The molecule has 1 aromatic heterocycles. The highest BCUT2D eigenvalue weighted by molar-refractivity contribution is 6.32. The number of pyridine rings is 1. The minimum atomic E-state index is -0.126. The first kappa shape index (κ1) is 19.5. The van der Waals surface area contributed by atoms with Crippen molar-refractivity contribution in [1.82, 2.24) is 14.8 Å². The summed E-state index contributed by atoms with van der Waals surface area (Å²) in [7, 11) is 0. The number of rotatable bonds is 3. The molecule has 152 valence electrons. The summed E-state index contributed by atoms with van der Waals surface area (Å²) in [5.41, 5.74) is 1.21. The molecular formula is C21H22ClN3O4. The number of piperazine rings is 1. The van der Waals surface area contributed by atoms with E-state index in [0.29, 0.717) is 61.5 Å². The van der Waals surface area contributed by atoms with E-state index in [1.54, 1.807) is 28.1 Å². The molecule has 29 heavy (non-hydrogen) atoms. The fraction of sp³-hybridized carbons (Fsp3) is 0.381. The quantitative estimate of drug-likeness (QED) is 0.769. The van der Waals surface area contributed by atoms with Crippen molar-refractivity contribution in [3.05, 3.63) is 52.8 Å². The van der Waals surface area contributed by atoms with Gasteiger partial charge in [-0.1, -0.05) is 17.7 Å². The average Bonchev–Trinajstić information content (AvgIpc) is 3.00. The Kier molecular flexibility index (Phi) is 5.85. The van der Waals surface area contributed by atoms with Crippen LogP contribution in [0.15, 0.2) is 36.5 Å². The second kappa shape index (κ2) is 8.69. The molecule has 7 nitrogen and oxygen atoms in total. The number of fused-ring (bicyclic) bond motifs is 1. The van der Waals surface area contributed by atoms with Crippen molar-refractivity contribution in [3.63, 3.8) is 0 Å². The molecule has 4 rings (SSSR count). The van der Waals surface area contributed by atoms with Gasteiger partial charge in [0, 0.05) is 50.1 Å². The summed E-state index contributed by atoms with van der Waals surface area (Å²) in [6.07, 6.45) is 2.72. The van der Waals surface area contributed by atoms with Crippen molar-refractivity contribution >= 4 is 23.4 Å². The van der Waals surface area contributed by atoms with Gasteiger partial charge in [0.25, 0.3) is 5.91 Å². The Hall–Kier alpha value is -2.80. The maximum absolute atomic E-state index is 12.9. The van der Waals surface area contributed by atoms with Crippen molar-refractivity contribution in [2.45, 2.75) is 12.8 Å². The van der Waals surface area contributed by atoms with Crippen molar-refractivity contribution in [2.24, 2.45) is 0 Å². The van der Waals surface area contributed by atoms with Crippen LogP contribution in [0.4, 0.5) is 0 Å². The summed E-state index contributed by atoms with van der Waals surface area (Å²) < 4.78 is 11.3. The van der Waals surface area contributed by atoms with Gasteiger partial charge in [-0.15, -0.1) is 0 Å². The number of halogens is 1.